The van der Waals surface area contributed by atoms with E-state index in [-0.39, 0.29) is 12.2 Å². The van der Waals surface area contributed by atoms with Crippen molar-refractivity contribution in [3.8, 4) is 0 Å². The van der Waals surface area contributed by atoms with Crippen molar-refractivity contribution in [3.05, 3.63) is 33.9 Å². The number of aryl methyl sites for hydroxylation is 1. The summed E-state index contributed by atoms with van der Waals surface area (Å²) < 4.78 is 22.2. The maximum Gasteiger partial charge on any atom is 0.269 e. The molecule has 106 valence electrons. The number of nitrogens with one attached hydrogen (secondary N) is 1. The van der Waals surface area contributed by atoms with Crippen molar-refractivity contribution < 1.29 is 13.3 Å². The lowest BCUT2D eigenvalue weighted by atomic mass is 10.1. The number of hydrogen-bond acceptors (Lipinski definition) is 5. The molecule has 0 radical (unpaired) electrons. The van der Waals surface area contributed by atoms with Gasteiger partial charge in [-0.1, -0.05) is 0 Å². The number of nitro groups is 1. The Morgan fingerprint density at radius 3 is 2.37 bits per heavy atom. The van der Waals surface area contributed by atoms with E-state index in [4.69, 9.17) is 0 Å². The lowest BCUT2D eigenvalue weighted by molar-refractivity contribution is -0.384. The molecule has 0 fully saturated rings. The second kappa shape index (κ2) is 5.16. The highest BCUT2D eigenvalue weighted by Crippen LogP contribution is 2.23. The van der Waals surface area contributed by atoms with E-state index in [1.54, 1.807) is 26.8 Å². The summed E-state index contributed by atoms with van der Waals surface area (Å²) in [5.74, 6) is 0. The van der Waals surface area contributed by atoms with Crippen LogP contribution in [0.1, 0.15) is 19.4 Å². The highest BCUT2D eigenvalue weighted by Gasteiger charge is 2.29. The van der Waals surface area contributed by atoms with Crippen molar-refractivity contribution in [1.29, 1.82) is 0 Å². The Hall–Kier alpha value is -1.63. The van der Waals surface area contributed by atoms with E-state index in [9.17, 15) is 18.5 Å². The van der Waals surface area contributed by atoms with Gasteiger partial charge in [-0.05, 0) is 32.4 Å². The first-order valence-electron chi connectivity index (χ1n) is 5.73. The summed E-state index contributed by atoms with van der Waals surface area (Å²) in [6, 6.07) is 4.43. The fraction of sp³-hybridized carbons (Fsp3) is 0.500. The molecule has 1 aromatic carbocycles. The molecule has 1 N–H and O–H groups in total. The minimum Gasteiger partial charge on any atom is -0.383 e. The molecule has 0 bridgehead atoms. The van der Waals surface area contributed by atoms with Gasteiger partial charge in [-0.15, -0.1) is 0 Å². The van der Waals surface area contributed by atoms with Crippen LogP contribution in [0.15, 0.2) is 18.2 Å². The van der Waals surface area contributed by atoms with E-state index in [1.807, 2.05) is 0 Å². The predicted octanol–water partition coefficient (Wildman–Crippen LogP) is 2.14. The molecule has 0 saturated carbocycles. The van der Waals surface area contributed by atoms with Crippen LogP contribution in [-0.4, -0.2) is 30.9 Å². The van der Waals surface area contributed by atoms with Crippen LogP contribution in [0.5, 0.6) is 0 Å². The summed E-state index contributed by atoms with van der Waals surface area (Å²) >= 11 is 0. The highest BCUT2D eigenvalue weighted by atomic mass is 32.2. The first-order chi connectivity index (χ1) is 8.54. The summed E-state index contributed by atoms with van der Waals surface area (Å²) in [4.78, 5) is 10.2. The average Bonchev–Trinajstić information content (AvgIpc) is 2.25. The lowest BCUT2D eigenvalue weighted by Gasteiger charge is -2.23. The third-order valence-corrected chi connectivity index (χ3v) is 5.28. The van der Waals surface area contributed by atoms with E-state index in [1.165, 1.54) is 18.4 Å². The summed E-state index contributed by atoms with van der Waals surface area (Å²) in [5.41, 5.74) is 1.42. The zero-order valence-electron chi connectivity index (χ0n) is 11.4. The van der Waals surface area contributed by atoms with Crippen LogP contribution < -0.4 is 5.32 Å². The molecule has 1 rings (SSSR count). The first-order valence-corrected chi connectivity index (χ1v) is 7.62. The molecule has 0 amide bonds. The molecule has 0 saturated heterocycles. The van der Waals surface area contributed by atoms with Gasteiger partial charge in [0.15, 0.2) is 9.84 Å². The SMILES string of the molecule is Cc1cc([N+](=O)[O-])ccc1NCC(C)(C)S(C)(=O)=O. The molecule has 0 spiro atoms. The zero-order chi connectivity index (χ0) is 14.8. The molecule has 7 heteroatoms. The predicted molar refractivity (Wildman–Crippen MR) is 75.2 cm³/mol. The Morgan fingerprint density at radius 1 is 1.37 bits per heavy atom. The maximum atomic E-state index is 11.6. The van der Waals surface area contributed by atoms with Crippen LogP contribution in [0.4, 0.5) is 11.4 Å². The molecule has 0 aliphatic heterocycles. The zero-order valence-corrected chi connectivity index (χ0v) is 12.2. The number of rotatable bonds is 5. The van der Waals surface area contributed by atoms with Gasteiger partial charge in [-0.2, -0.15) is 0 Å². The van der Waals surface area contributed by atoms with E-state index in [0.717, 1.165) is 0 Å². The van der Waals surface area contributed by atoms with Crippen LogP contribution in [0.25, 0.3) is 0 Å². The van der Waals surface area contributed by atoms with Gasteiger partial charge in [0.25, 0.3) is 5.69 Å². The van der Waals surface area contributed by atoms with E-state index in [2.05, 4.69) is 5.32 Å². The van der Waals surface area contributed by atoms with E-state index in [0.29, 0.717) is 11.3 Å². The maximum absolute atomic E-state index is 11.6. The molecule has 0 aliphatic carbocycles. The van der Waals surface area contributed by atoms with Gasteiger partial charge in [-0.25, -0.2) is 8.42 Å². The Balaban J connectivity index is 2.88. The van der Waals surface area contributed by atoms with Gasteiger partial charge in [0, 0.05) is 30.6 Å². The molecule has 0 atom stereocenters. The fourth-order valence-electron chi connectivity index (χ4n) is 1.40. The number of benzene rings is 1. The van der Waals surface area contributed by atoms with Gasteiger partial charge in [0.1, 0.15) is 0 Å². The molecular weight excluding hydrogens is 268 g/mol. The van der Waals surface area contributed by atoms with Crippen LogP contribution in [0.3, 0.4) is 0 Å². The molecule has 0 heterocycles. The Morgan fingerprint density at radius 2 is 1.95 bits per heavy atom. The van der Waals surface area contributed by atoms with Crippen molar-refractivity contribution in [2.24, 2.45) is 0 Å². The van der Waals surface area contributed by atoms with Crippen molar-refractivity contribution >= 4 is 21.2 Å². The van der Waals surface area contributed by atoms with E-state index < -0.39 is 19.5 Å². The largest absolute Gasteiger partial charge is 0.383 e. The average molecular weight is 286 g/mol. The second-order valence-electron chi connectivity index (χ2n) is 5.14. The molecule has 1 aromatic rings. The van der Waals surface area contributed by atoms with Gasteiger partial charge in [0.05, 0.1) is 9.67 Å². The van der Waals surface area contributed by atoms with Crippen LogP contribution in [0, 0.1) is 17.0 Å². The molecule has 0 aliphatic rings. The summed E-state index contributed by atoms with van der Waals surface area (Å²) in [6.07, 6.45) is 1.19. The molecule has 0 unspecified atom stereocenters. The number of nitrogens with zero attached hydrogens (tertiary/aromatic N) is 1. The lowest BCUT2D eigenvalue weighted by Crippen LogP contribution is -2.38. The summed E-state index contributed by atoms with van der Waals surface area (Å²) in [5, 5.41) is 13.6. The van der Waals surface area contributed by atoms with Gasteiger partial charge < -0.3 is 5.32 Å². The third kappa shape index (κ3) is 3.66. The number of hydrogen-bond donors (Lipinski definition) is 1. The number of non-ortho nitro benzene ring substituents is 1. The highest BCUT2D eigenvalue weighted by molar-refractivity contribution is 7.92. The normalized spacial score (nSPS) is 12.2. The minimum atomic E-state index is -3.18. The number of nitro benzene ring substituents is 1. The third-order valence-electron chi connectivity index (χ3n) is 3.13. The number of sulfone groups is 1. The van der Waals surface area contributed by atoms with Crippen molar-refractivity contribution in [2.75, 3.05) is 18.1 Å². The second-order valence-corrected chi connectivity index (χ2v) is 7.79. The quantitative estimate of drug-likeness (QED) is 0.661. The number of anilines is 1. The molecular formula is C12H18N2O4S. The van der Waals surface area contributed by atoms with Gasteiger partial charge in [-0.3, -0.25) is 10.1 Å². The smallest absolute Gasteiger partial charge is 0.269 e. The summed E-state index contributed by atoms with van der Waals surface area (Å²) in [7, 11) is -3.18. The van der Waals surface area contributed by atoms with Crippen LogP contribution in [-0.2, 0) is 9.84 Å². The molecule has 6 nitrogen and oxygen atoms in total. The topological polar surface area (TPSA) is 89.3 Å². The van der Waals surface area contributed by atoms with Crippen LogP contribution in [0.2, 0.25) is 0 Å². The fourth-order valence-corrected chi connectivity index (χ4v) is 1.73. The van der Waals surface area contributed by atoms with Gasteiger partial charge in [0.2, 0.25) is 0 Å². The minimum absolute atomic E-state index is 0.0189. The monoisotopic (exact) mass is 286 g/mol. The van der Waals surface area contributed by atoms with E-state index >= 15 is 0 Å². The van der Waals surface area contributed by atoms with Crippen LogP contribution >= 0.6 is 0 Å². The van der Waals surface area contributed by atoms with Gasteiger partial charge >= 0.3 is 0 Å². The Labute approximate surface area is 112 Å². The standard InChI is InChI=1S/C12H18N2O4S/c1-9-7-10(14(15)16)5-6-11(9)13-8-12(2,3)19(4,17)18/h5-7,13H,8H2,1-4H3. The molecule has 19 heavy (non-hydrogen) atoms. The van der Waals surface area contributed by atoms with Crippen molar-refractivity contribution in [1.82, 2.24) is 0 Å². The Kier molecular flexibility index (Phi) is 4.19. The van der Waals surface area contributed by atoms with Crippen molar-refractivity contribution in [3.63, 3.8) is 0 Å². The Bertz CT molecular complexity index is 594. The summed E-state index contributed by atoms with van der Waals surface area (Å²) in [6.45, 7) is 5.25. The van der Waals surface area contributed by atoms with Crippen molar-refractivity contribution in [2.45, 2.75) is 25.5 Å². The first kappa shape index (κ1) is 15.4. The molecule has 0 aromatic heterocycles.